The predicted molar refractivity (Wildman–Crippen MR) is 64.4 cm³/mol. The number of nitrogens with zero attached hydrogens (tertiary/aromatic N) is 2. The minimum Gasteiger partial charge on any atom is -0.336 e. The lowest BCUT2D eigenvalue weighted by molar-refractivity contribution is 0.0637. The van der Waals surface area contributed by atoms with Gasteiger partial charge < -0.3 is 9.80 Å². The van der Waals surface area contributed by atoms with Crippen molar-refractivity contribution in [3.05, 3.63) is 35.4 Å². The summed E-state index contributed by atoms with van der Waals surface area (Å²) in [6.07, 6.45) is 0. The van der Waals surface area contributed by atoms with Gasteiger partial charge in [-0.15, -0.1) is 0 Å². The molecule has 0 saturated carbocycles. The molecule has 3 nitrogen and oxygen atoms in total. The van der Waals surface area contributed by atoms with Gasteiger partial charge in [0.05, 0.1) is 5.56 Å². The number of benzene rings is 1. The summed E-state index contributed by atoms with van der Waals surface area (Å²) < 4.78 is 26.6. The standard InChI is InChI=1S/C13H16F2N2O/c1-2-16-6-8-17(9-7-16)13(18)10-4-3-5-11(14)12(10)15/h3-5H,2,6-9H2,1H3. The van der Waals surface area contributed by atoms with E-state index in [1.165, 1.54) is 12.1 Å². The van der Waals surface area contributed by atoms with Crippen molar-refractivity contribution >= 4 is 5.91 Å². The Hall–Kier alpha value is -1.49. The van der Waals surface area contributed by atoms with Gasteiger partial charge in [0.2, 0.25) is 0 Å². The normalized spacial score (nSPS) is 16.9. The molecule has 5 heteroatoms. The van der Waals surface area contributed by atoms with Crippen LogP contribution >= 0.6 is 0 Å². The Labute approximate surface area is 105 Å². The Kier molecular flexibility index (Phi) is 3.91. The van der Waals surface area contributed by atoms with Crippen LogP contribution < -0.4 is 0 Å². The number of halogens is 2. The van der Waals surface area contributed by atoms with E-state index in [2.05, 4.69) is 11.8 Å². The second kappa shape index (κ2) is 5.44. The lowest BCUT2D eigenvalue weighted by atomic mass is 10.1. The molecule has 1 fully saturated rings. The first-order chi connectivity index (χ1) is 8.63. The summed E-state index contributed by atoms with van der Waals surface area (Å²) in [5.41, 5.74) is -0.181. The summed E-state index contributed by atoms with van der Waals surface area (Å²) in [6.45, 7) is 5.67. The van der Waals surface area contributed by atoms with Crippen LogP contribution in [0.4, 0.5) is 8.78 Å². The molecule has 1 aromatic rings. The maximum Gasteiger partial charge on any atom is 0.257 e. The van der Waals surface area contributed by atoms with Crippen LogP contribution in [0.1, 0.15) is 17.3 Å². The van der Waals surface area contributed by atoms with Gasteiger partial charge in [0.1, 0.15) is 0 Å². The first-order valence-electron chi connectivity index (χ1n) is 6.09. The third-order valence-electron chi connectivity index (χ3n) is 3.29. The van der Waals surface area contributed by atoms with E-state index in [0.717, 1.165) is 25.7 Å². The Bertz CT molecular complexity index is 443. The molecule has 2 rings (SSSR count). The van der Waals surface area contributed by atoms with Crippen molar-refractivity contribution in [2.24, 2.45) is 0 Å². The van der Waals surface area contributed by atoms with Gasteiger partial charge in [-0.3, -0.25) is 4.79 Å². The second-order valence-electron chi connectivity index (χ2n) is 4.33. The van der Waals surface area contributed by atoms with Crippen LogP contribution in [0.25, 0.3) is 0 Å². The van der Waals surface area contributed by atoms with Crippen LogP contribution in [0, 0.1) is 11.6 Å². The largest absolute Gasteiger partial charge is 0.336 e. The fraction of sp³-hybridized carbons (Fsp3) is 0.462. The highest BCUT2D eigenvalue weighted by molar-refractivity contribution is 5.94. The molecule has 18 heavy (non-hydrogen) atoms. The average molecular weight is 254 g/mol. The quantitative estimate of drug-likeness (QED) is 0.802. The molecule has 0 spiro atoms. The number of carbonyl (C=O) groups excluding carboxylic acids is 1. The van der Waals surface area contributed by atoms with E-state index < -0.39 is 17.5 Å². The molecule has 1 aliphatic rings. The SMILES string of the molecule is CCN1CCN(C(=O)c2cccc(F)c2F)CC1. The van der Waals surface area contributed by atoms with Crippen LogP contribution in [0.2, 0.25) is 0 Å². The smallest absolute Gasteiger partial charge is 0.257 e. The highest BCUT2D eigenvalue weighted by Gasteiger charge is 2.24. The van der Waals surface area contributed by atoms with Crippen molar-refractivity contribution in [1.82, 2.24) is 9.80 Å². The van der Waals surface area contributed by atoms with E-state index in [1.807, 2.05) is 0 Å². The Morgan fingerprint density at radius 2 is 1.89 bits per heavy atom. The lowest BCUT2D eigenvalue weighted by Gasteiger charge is -2.34. The van der Waals surface area contributed by atoms with Gasteiger partial charge in [-0.2, -0.15) is 0 Å². The third kappa shape index (κ3) is 2.51. The van der Waals surface area contributed by atoms with Crippen LogP contribution in [-0.2, 0) is 0 Å². The van der Waals surface area contributed by atoms with Crippen LogP contribution in [0.3, 0.4) is 0 Å². The van der Waals surface area contributed by atoms with Gasteiger partial charge in [0.25, 0.3) is 5.91 Å². The summed E-state index contributed by atoms with van der Waals surface area (Å²) in [4.78, 5) is 15.9. The first-order valence-corrected chi connectivity index (χ1v) is 6.09. The molecule has 0 aromatic heterocycles. The van der Waals surface area contributed by atoms with Gasteiger partial charge in [0.15, 0.2) is 11.6 Å². The summed E-state index contributed by atoms with van der Waals surface area (Å²) in [6, 6.07) is 3.70. The molecule has 0 radical (unpaired) electrons. The lowest BCUT2D eigenvalue weighted by Crippen LogP contribution is -2.48. The van der Waals surface area contributed by atoms with Crippen LogP contribution in [0.5, 0.6) is 0 Å². The Morgan fingerprint density at radius 3 is 2.50 bits per heavy atom. The van der Waals surface area contributed by atoms with Gasteiger partial charge in [0, 0.05) is 26.2 Å². The zero-order valence-electron chi connectivity index (χ0n) is 10.3. The van der Waals surface area contributed by atoms with Crippen molar-refractivity contribution in [2.45, 2.75) is 6.92 Å². The monoisotopic (exact) mass is 254 g/mol. The number of rotatable bonds is 2. The molecular formula is C13H16F2N2O. The fourth-order valence-corrected chi connectivity index (χ4v) is 2.11. The topological polar surface area (TPSA) is 23.6 Å². The minimum atomic E-state index is -1.06. The maximum atomic E-state index is 13.5. The molecule has 0 bridgehead atoms. The average Bonchev–Trinajstić information content (AvgIpc) is 2.41. The van der Waals surface area contributed by atoms with Crippen molar-refractivity contribution < 1.29 is 13.6 Å². The molecule has 1 saturated heterocycles. The van der Waals surface area contributed by atoms with E-state index in [9.17, 15) is 13.6 Å². The molecule has 1 aromatic carbocycles. The summed E-state index contributed by atoms with van der Waals surface area (Å²) >= 11 is 0. The number of carbonyl (C=O) groups is 1. The summed E-state index contributed by atoms with van der Waals surface area (Å²) in [7, 11) is 0. The predicted octanol–water partition coefficient (Wildman–Crippen LogP) is 1.74. The molecule has 1 heterocycles. The molecule has 1 amide bonds. The zero-order valence-corrected chi connectivity index (χ0v) is 10.3. The molecule has 0 atom stereocenters. The van der Waals surface area contributed by atoms with Crippen molar-refractivity contribution in [3.8, 4) is 0 Å². The molecule has 0 unspecified atom stereocenters. The van der Waals surface area contributed by atoms with Gasteiger partial charge in [-0.1, -0.05) is 13.0 Å². The van der Waals surface area contributed by atoms with Gasteiger partial charge in [-0.25, -0.2) is 8.78 Å². The molecular weight excluding hydrogens is 238 g/mol. The summed E-state index contributed by atoms with van der Waals surface area (Å²) in [5, 5.41) is 0. The minimum absolute atomic E-state index is 0.181. The summed E-state index contributed by atoms with van der Waals surface area (Å²) in [5.74, 6) is -2.46. The van der Waals surface area contributed by atoms with Crippen molar-refractivity contribution in [1.29, 1.82) is 0 Å². The van der Waals surface area contributed by atoms with E-state index in [1.54, 1.807) is 4.90 Å². The molecule has 1 aliphatic heterocycles. The fourth-order valence-electron chi connectivity index (χ4n) is 2.11. The highest BCUT2D eigenvalue weighted by Crippen LogP contribution is 2.15. The molecule has 0 N–H and O–H groups in total. The number of hydrogen-bond donors (Lipinski definition) is 0. The van der Waals surface area contributed by atoms with Crippen molar-refractivity contribution in [3.63, 3.8) is 0 Å². The highest BCUT2D eigenvalue weighted by atomic mass is 19.2. The maximum absolute atomic E-state index is 13.5. The van der Waals surface area contributed by atoms with Crippen molar-refractivity contribution in [2.75, 3.05) is 32.7 Å². The van der Waals surface area contributed by atoms with E-state index in [-0.39, 0.29) is 5.56 Å². The molecule has 98 valence electrons. The zero-order chi connectivity index (χ0) is 13.1. The number of hydrogen-bond acceptors (Lipinski definition) is 2. The van der Waals surface area contributed by atoms with Crippen LogP contribution in [-0.4, -0.2) is 48.4 Å². The number of amides is 1. The van der Waals surface area contributed by atoms with Gasteiger partial charge >= 0.3 is 0 Å². The first kappa shape index (κ1) is 13.0. The Morgan fingerprint density at radius 1 is 1.22 bits per heavy atom. The second-order valence-corrected chi connectivity index (χ2v) is 4.33. The number of piperazine rings is 1. The van der Waals surface area contributed by atoms with Crippen LogP contribution in [0.15, 0.2) is 18.2 Å². The third-order valence-corrected chi connectivity index (χ3v) is 3.29. The molecule has 0 aliphatic carbocycles. The van der Waals surface area contributed by atoms with E-state index in [4.69, 9.17) is 0 Å². The van der Waals surface area contributed by atoms with E-state index >= 15 is 0 Å². The van der Waals surface area contributed by atoms with Gasteiger partial charge in [-0.05, 0) is 18.7 Å². The Balaban J connectivity index is 2.10. The number of likely N-dealkylation sites (N-methyl/N-ethyl adjacent to an activating group) is 1. The van der Waals surface area contributed by atoms with E-state index in [0.29, 0.717) is 13.1 Å².